The van der Waals surface area contributed by atoms with Crippen molar-refractivity contribution in [2.75, 3.05) is 31.6 Å². The van der Waals surface area contributed by atoms with E-state index >= 15 is 0 Å². The van der Waals surface area contributed by atoms with Gasteiger partial charge >= 0.3 is 0 Å². The molecule has 176 valence electrons. The third kappa shape index (κ3) is 6.86. The molecule has 3 rings (SSSR count). The van der Waals surface area contributed by atoms with Crippen molar-refractivity contribution in [1.29, 1.82) is 0 Å². The minimum absolute atomic E-state index is 0. The molecule has 0 spiro atoms. The van der Waals surface area contributed by atoms with E-state index in [2.05, 4.69) is 20.9 Å². The molecule has 8 nitrogen and oxygen atoms in total. The zero-order chi connectivity index (χ0) is 22.4. The highest BCUT2D eigenvalue weighted by atomic mass is 127. The average molecular weight is 556 g/mol. The summed E-state index contributed by atoms with van der Waals surface area (Å²) in [7, 11) is 0. The van der Waals surface area contributed by atoms with Gasteiger partial charge in [-0.1, -0.05) is 0 Å². The molecule has 0 saturated carbocycles. The molecule has 2 aromatic rings. The molecule has 0 saturated heterocycles. The second-order valence-corrected chi connectivity index (χ2v) is 7.94. The van der Waals surface area contributed by atoms with Gasteiger partial charge < -0.3 is 30.2 Å². The van der Waals surface area contributed by atoms with Gasteiger partial charge in [0.2, 0.25) is 5.91 Å². The summed E-state index contributed by atoms with van der Waals surface area (Å²) in [4.78, 5) is 16.0. The van der Waals surface area contributed by atoms with Crippen molar-refractivity contribution in [2.45, 2.75) is 46.1 Å². The van der Waals surface area contributed by atoms with E-state index in [9.17, 15) is 9.90 Å². The maximum absolute atomic E-state index is 11.5. The van der Waals surface area contributed by atoms with Crippen LogP contribution in [-0.4, -0.2) is 43.2 Å². The van der Waals surface area contributed by atoms with Crippen LogP contribution in [0.5, 0.6) is 5.75 Å². The summed E-state index contributed by atoms with van der Waals surface area (Å²) >= 11 is 0. The molecule has 0 radical (unpaired) electrons. The van der Waals surface area contributed by atoms with E-state index in [1.165, 1.54) is 0 Å². The molecule has 1 amide bonds. The van der Waals surface area contributed by atoms with Crippen molar-refractivity contribution >= 4 is 41.5 Å². The molecule has 32 heavy (non-hydrogen) atoms. The topological polar surface area (TPSA) is 108 Å². The zero-order valence-electron chi connectivity index (χ0n) is 19.1. The molecule has 1 unspecified atom stereocenters. The highest BCUT2D eigenvalue weighted by molar-refractivity contribution is 14.0. The molecule has 2 heterocycles. The average Bonchev–Trinajstić information content (AvgIpc) is 3.08. The lowest BCUT2D eigenvalue weighted by Gasteiger charge is -2.21. The van der Waals surface area contributed by atoms with Crippen molar-refractivity contribution in [1.82, 2.24) is 10.6 Å². The normalized spacial score (nSPS) is 15.2. The van der Waals surface area contributed by atoms with Crippen LogP contribution in [0.1, 0.15) is 42.9 Å². The number of aliphatic hydroxyl groups is 1. The summed E-state index contributed by atoms with van der Waals surface area (Å²) in [6, 6.07) is 7.56. The number of carbonyl (C=O) groups excluding carboxylic acids is 1. The fourth-order valence-electron chi connectivity index (χ4n) is 3.61. The Bertz CT molecular complexity index is 955. The minimum atomic E-state index is -1.13. The van der Waals surface area contributed by atoms with Gasteiger partial charge in [0, 0.05) is 24.2 Å². The number of halogens is 1. The molecule has 4 N–H and O–H groups in total. The predicted octanol–water partition coefficient (Wildman–Crippen LogP) is 3.24. The highest BCUT2D eigenvalue weighted by Gasteiger charge is 2.27. The number of aryl methyl sites for hydroxylation is 3. The first-order chi connectivity index (χ1) is 14.8. The summed E-state index contributed by atoms with van der Waals surface area (Å²) in [5, 5.41) is 20.1. The van der Waals surface area contributed by atoms with Crippen LogP contribution in [0.15, 0.2) is 33.7 Å². The van der Waals surface area contributed by atoms with E-state index in [4.69, 9.17) is 9.15 Å². The van der Waals surface area contributed by atoms with E-state index < -0.39 is 5.60 Å². The molecule has 0 bridgehead atoms. The third-order valence-electron chi connectivity index (χ3n) is 5.15. The number of nitrogens with zero attached hydrogens (tertiary/aromatic N) is 1. The van der Waals surface area contributed by atoms with Gasteiger partial charge in [0.1, 0.15) is 29.5 Å². The minimum Gasteiger partial charge on any atom is -0.492 e. The molecule has 1 aromatic carbocycles. The van der Waals surface area contributed by atoms with Gasteiger partial charge in [0.15, 0.2) is 5.96 Å². The van der Waals surface area contributed by atoms with Crippen LogP contribution in [-0.2, 0) is 16.8 Å². The Labute approximate surface area is 206 Å². The predicted molar refractivity (Wildman–Crippen MR) is 136 cm³/mol. The number of guanidine groups is 1. The van der Waals surface area contributed by atoms with Crippen LogP contribution in [0.3, 0.4) is 0 Å². The number of amides is 1. The Morgan fingerprint density at radius 2 is 2.06 bits per heavy atom. The van der Waals surface area contributed by atoms with Crippen LogP contribution < -0.4 is 20.7 Å². The molecule has 1 aromatic heterocycles. The molecular weight excluding hydrogens is 523 g/mol. The number of furan rings is 1. The number of hydrogen-bond acceptors (Lipinski definition) is 5. The Morgan fingerprint density at radius 1 is 1.28 bits per heavy atom. The van der Waals surface area contributed by atoms with E-state index in [-0.39, 0.29) is 36.4 Å². The van der Waals surface area contributed by atoms with E-state index in [1.54, 1.807) is 6.92 Å². The summed E-state index contributed by atoms with van der Waals surface area (Å²) in [6.07, 6.45) is 1.23. The Hall–Kier alpha value is -2.27. The Balaban J connectivity index is 0.00000363. The lowest BCUT2D eigenvalue weighted by Crippen LogP contribution is -2.40. The second-order valence-electron chi connectivity index (χ2n) is 7.94. The van der Waals surface area contributed by atoms with Crippen LogP contribution in [0.4, 0.5) is 5.69 Å². The van der Waals surface area contributed by atoms with Crippen LogP contribution in [0, 0.1) is 13.8 Å². The SMILES string of the molecule is CCNC(=NCC(C)(O)c1cc(C)oc1C)NCCOc1ccc2c(c1)CCC(=O)N2.I. The van der Waals surface area contributed by atoms with Gasteiger partial charge in [-0.05, 0) is 63.9 Å². The first-order valence-electron chi connectivity index (χ1n) is 10.7. The van der Waals surface area contributed by atoms with Gasteiger partial charge in [-0.3, -0.25) is 4.79 Å². The van der Waals surface area contributed by atoms with Gasteiger partial charge in [-0.2, -0.15) is 0 Å². The van der Waals surface area contributed by atoms with Crippen molar-refractivity contribution in [3.63, 3.8) is 0 Å². The number of aliphatic imine (C=N–C) groups is 1. The first-order valence-corrected chi connectivity index (χ1v) is 10.7. The maximum Gasteiger partial charge on any atom is 0.224 e. The van der Waals surface area contributed by atoms with Crippen LogP contribution >= 0.6 is 24.0 Å². The molecule has 1 atom stereocenters. The summed E-state index contributed by atoms with van der Waals surface area (Å²) in [5.41, 5.74) is 1.57. The standard InChI is InChI=1S/C23H32N4O4.HI/c1-5-24-22(26-14-23(4,29)19-12-15(2)31-16(19)3)25-10-11-30-18-7-8-20-17(13-18)6-9-21(28)27-20;/h7-8,12-13,29H,5-6,9-11,14H2,1-4H3,(H,27,28)(H2,24,25,26);1H. The lowest BCUT2D eigenvalue weighted by molar-refractivity contribution is -0.116. The fourth-order valence-corrected chi connectivity index (χ4v) is 3.61. The van der Waals surface area contributed by atoms with E-state index in [0.717, 1.165) is 34.7 Å². The Morgan fingerprint density at radius 3 is 2.75 bits per heavy atom. The smallest absolute Gasteiger partial charge is 0.224 e. The first kappa shape index (κ1) is 26.0. The summed E-state index contributed by atoms with van der Waals surface area (Å²) in [5.74, 6) is 2.90. The Kier molecular flexibility index (Phi) is 9.38. The van der Waals surface area contributed by atoms with Crippen molar-refractivity contribution < 1.29 is 19.1 Å². The number of benzene rings is 1. The second kappa shape index (κ2) is 11.6. The molecule has 0 aliphatic carbocycles. The fraction of sp³-hybridized carbons (Fsp3) is 0.478. The summed E-state index contributed by atoms with van der Waals surface area (Å²) < 4.78 is 11.4. The molecular formula is C23H33IN4O4. The monoisotopic (exact) mass is 556 g/mol. The number of fused-ring (bicyclic) bond motifs is 1. The number of hydrogen-bond donors (Lipinski definition) is 4. The number of rotatable bonds is 8. The molecule has 0 fully saturated rings. The van der Waals surface area contributed by atoms with Crippen LogP contribution in [0.25, 0.3) is 0 Å². The largest absolute Gasteiger partial charge is 0.492 e. The number of anilines is 1. The zero-order valence-corrected chi connectivity index (χ0v) is 21.4. The molecule has 9 heteroatoms. The van der Waals surface area contributed by atoms with Gasteiger partial charge in [-0.15, -0.1) is 24.0 Å². The van der Waals surface area contributed by atoms with E-state index in [0.29, 0.717) is 37.8 Å². The number of nitrogens with one attached hydrogen (secondary N) is 3. The van der Waals surface area contributed by atoms with Crippen molar-refractivity contribution in [2.24, 2.45) is 4.99 Å². The molecule has 1 aliphatic rings. The quantitative estimate of drug-likeness (QED) is 0.172. The van der Waals surface area contributed by atoms with Crippen molar-refractivity contribution in [3.05, 3.63) is 46.9 Å². The van der Waals surface area contributed by atoms with Gasteiger partial charge in [-0.25, -0.2) is 4.99 Å². The van der Waals surface area contributed by atoms with Crippen LogP contribution in [0.2, 0.25) is 0 Å². The van der Waals surface area contributed by atoms with Gasteiger partial charge in [0.05, 0.1) is 13.1 Å². The molecule has 1 aliphatic heterocycles. The third-order valence-corrected chi connectivity index (χ3v) is 5.15. The van der Waals surface area contributed by atoms with Crippen molar-refractivity contribution in [3.8, 4) is 5.75 Å². The maximum atomic E-state index is 11.5. The number of ether oxygens (including phenoxy) is 1. The number of carbonyl (C=O) groups is 1. The highest BCUT2D eigenvalue weighted by Crippen LogP contribution is 2.28. The lowest BCUT2D eigenvalue weighted by atomic mass is 9.96. The van der Waals surface area contributed by atoms with Gasteiger partial charge in [0.25, 0.3) is 0 Å². The summed E-state index contributed by atoms with van der Waals surface area (Å²) in [6.45, 7) is 9.32. The van der Waals surface area contributed by atoms with E-state index in [1.807, 2.05) is 45.0 Å².